The second kappa shape index (κ2) is 9.54. The van der Waals surface area contributed by atoms with Crippen LogP contribution in [-0.2, 0) is 6.42 Å². The van der Waals surface area contributed by atoms with Gasteiger partial charge >= 0.3 is 0 Å². The molecule has 0 unspecified atom stereocenters. The van der Waals surface area contributed by atoms with Crippen LogP contribution in [0.1, 0.15) is 16.1 Å². The van der Waals surface area contributed by atoms with Crippen LogP contribution in [0.15, 0.2) is 60.8 Å². The first-order valence-corrected chi connectivity index (χ1v) is 9.07. The van der Waals surface area contributed by atoms with Gasteiger partial charge in [0.15, 0.2) is 11.5 Å². The van der Waals surface area contributed by atoms with Crippen molar-refractivity contribution in [3.8, 4) is 11.5 Å². The Labute approximate surface area is 168 Å². The molecule has 3 rings (SSSR count). The summed E-state index contributed by atoms with van der Waals surface area (Å²) in [7, 11) is 3.20. The third-order valence-corrected chi connectivity index (χ3v) is 4.31. The zero-order valence-electron chi connectivity index (χ0n) is 16.2. The van der Waals surface area contributed by atoms with Crippen LogP contribution in [0.25, 0.3) is 0 Å². The molecule has 0 spiro atoms. The van der Waals surface area contributed by atoms with Gasteiger partial charge in [0.25, 0.3) is 5.91 Å². The predicted octanol–water partition coefficient (Wildman–Crippen LogP) is 4.14. The van der Waals surface area contributed by atoms with E-state index in [1.807, 2.05) is 18.2 Å². The molecule has 0 aliphatic carbocycles. The molecule has 150 valence electrons. The average molecular weight is 395 g/mol. The number of carbonyl (C=O) groups excluding carboxylic acids is 1. The quantitative estimate of drug-likeness (QED) is 0.600. The summed E-state index contributed by atoms with van der Waals surface area (Å²) in [5.74, 6) is 0.397. The Balaban J connectivity index is 1.60. The van der Waals surface area contributed by atoms with Gasteiger partial charge < -0.3 is 20.1 Å². The lowest BCUT2D eigenvalue weighted by Gasteiger charge is -2.11. The number of hydrogen-bond donors (Lipinski definition) is 2. The average Bonchev–Trinajstić information content (AvgIpc) is 2.75. The van der Waals surface area contributed by atoms with E-state index in [0.717, 1.165) is 17.7 Å². The molecule has 0 saturated carbocycles. The lowest BCUT2D eigenvalue weighted by Crippen LogP contribution is -2.15. The van der Waals surface area contributed by atoms with Gasteiger partial charge in [0.05, 0.1) is 19.9 Å². The maximum Gasteiger partial charge on any atom is 0.274 e. The van der Waals surface area contributed by atoms with Gasteiger partial charge in [-0.3, -0.25) is 9.78 Å². The molecule has 6 nitrogen and oxygen atoms in total. The minimum absolute atomic E-state index is 0.117. The van der Waals surface area contributed by atoms with Gasteiger partial charge in [-0.2, -0.15) is 0 Å². The van der Waals surface area contributed by atoms with Crippen LogP contribution in [0.5, 0.6) is 11.5 Å². The van der Waals surface area contributed by atoms with Crippen molar-refractivity contribution in [3.63, 3.8) is 0 Å². The fourth-order valence-electron chi connectivity index (χ4n) is 2.80. The number of aromatic nitrogens is 1. The van der Waals surface area contributed by atoms with E-state index in [0.29, 0.717) is 18.0 Å². The topological polar surface area (TPSA) is 72.5 Å². The van der Waals surface area contributed by atoms with E-state index in [1.165, 1.54) is 18.3 Å². The number of hydrogen-bond acceptors (Lipinski definition) is 5. The molecule has 7 heteroatoms. The Morgan fingerprint density at radius 2 is 1.83 bits per heavy atom. The highest BCUT2D eigenvalue weighted by atomic mass is 19.1. The molecule has 2 N–H and O–H groups in total. The van der Waals surface area contributed by atoms with Crippen molar-refractivity contribution < 1.29 is 18.7 Å². The smallest absolute Gasteiger partial charge is 0.274 e. The first-order chi connectivity index (χ1) is 14.1. The Kier molecular flexibility index (Phi) is 6.63. The number of benzene rings is 2. The number of amides is 1. The van der Waals surface area contributed by atoms with Gasteiger partial charge in [-0.25, -0.2) is 4.39 Å². The fraction of sp³-hybridized carbons (Fsp3) is 0.182. The number of nitrogens with one attached hydrogen (secondary N) is 2. The Hall–Kier alpha value is -3.61. The predicted molar refractivity (Wildman–Crippen MR) is 110 cm³/mol. The number of nitrogens with zero attached hydrogens (tertiary/aromatic N) is 1. The van der Waals surface area contributed by atoms with Gasteiger partial charge in [0.1, 0.15) is 11.5 Å². The van der Waals surface area contributed by atoms with Crippen molar-refractivity contribution >= 4 is 17.3 Å². The van der Waals surface area contributed by atoms with Gasteiger partial charge in [0.2, 0.25) is 0 Å². The minimum Gasteiger partial charge on any atom is -0.493 e. The number of anilines is 2. The summed E-state index contributed by atoms with van der Waals surface area (Å²) in [5.41, 5.74) is 2.15. The van der Waals surface area contributed by atoms with Crippen molar-refractivity contribution in [1.29, 1.82) is 0 Å². The molecule has 0 bridgehead atoms. The molecule has 1 amide bonds. The van der Waals surface area contributed by atoms with E-state index in [9.17, 15) is 9.18 Å². The Morgan fingerprint density at radius 3 is 2.59 bits per heavy atom. The second-order valence-electron chi connectivity index (χ2n) is 6.23. The van der Waals surface area contributed by atoms with E-state index < -0.39 is 11.7 Å². The number of halogens is 1. The van der Waals surface area contributed by atoms with Crippen molar-refractivity contribution in [2.45, 2.75) is 6.42 Å². The van der Waals surface area contributed by atoms with Gasteiger partial charge in [0, 0.05) is 18.4 Å². The van der Waals surface area contributed by atoms with Crippen LogP contribution in [0.2, 0.25) is 0 Å². The highest BCUT2D eigenvalue weighted by Crippen LogP contribution is 2.27. The van der Waals surface area contributed by atoms with Gasteiger partial charge in [-0.1, -0.05) is 18.2 Å². The number of ether oxygens (including phenoxy) is 2. The summed E-state index contributed by atoms with van der Waals surface area (Å²) in [6.45, 7) is 0.647. The lowest BCUT2D eigenvalue weighted by molar-refractivity contribution is 0.102. The highest BCUT2D eigenvalue weighted by Gasteiger charge is 2.11. The first kappa shape index (κ1) is 20.1. The third kappa shape index (κ3) is 5.22. The molecule has 0 radical (unpaired) electrons. The Bertz CT molecular complexity index is 995. The molecule has 0 fully saturated rings. The molecule has 29 heavy (non-hydrogen) atoms. The summed E-state index contributed by atoms with van der Waals surface area (Å²) in [6, 6.07) is 15.2. The molecule has 0 aliphatic rings. The molecule has 0 aliphatic heterocycles. The van der Waals surface area contributed by atoms with E-state index in [1.54, 1.807) is 38.5 Å². The van der Waals surface area contributed by atoms with E-state index in [2.05, 4.69) is 15.6 Å². The molecule has 2 aromatic carbocycles. The van der Waals surface area contributed by atoms with Crippen LogP contribution < -0.4 is 20.1 Å². The standard InChI is InChI=1S/C22H22FN3O3/c1-28-20-8-7-15(13-21(20)29-2)9-11-24-16-10-12-25-19(14-16)22(27)26-18-6-4-3-5-17(18)23/h3-8,10,12-14H,9,11H2,1-2H3,(H,24,25)(H,26,27). The maximum absolute atomic E-state index is 13.7. The van der Waals surface area contributed by atoms with E-state index >= 15 is 0 Å². The summed E-state index contributed by atoms with van der Waals surface area (Å²) >= 11 is 0. The summed E-state index contributed by atoms with van der Waals surface area (Å²) in [5, 5.41) is 5.79. The molecule has 1 heterocycles. The third-order valence-electron chi connectivity index (χ3n) is 4.31. The molecule has 3 aromatic rings. The SMILES string of the molecule is COc1ccc(CCNc2ccnc(C(=O)Nc3ccccc3F)c2)cc1OC. The zero-order chi connectivity index (χ0) is 20.6. The summed E-state index contributed by atoms with van der Waals surface area (Å²) in [6.07, 6.45) is 2.29. The van der Waals surface area contributed by atoms with Crippen LogP contribution >= 0.6 is 0 Å². The fourth-order valence-corrected chi connectivity index (χ4v) is 2.80. The molecular formula is C22H22FN3O3. The number of carbonyl (C=O) groups is 1. The number of para-hydroxylation sites is 1. The highest BCUT2D eigenvalue weighted by molar-refractivity contribution is 6.03. The van der Waals surface area contributed by atoms with Crippen LogP contribution in [0.3, 0.4) is 0 Å². The first-order valence-electron chi connectivity index (χ1n) is 9.07. The number of rotatable bonds is 8. The minimum atomic E-state index is -0.495. The van der Waals surface area contributed by atoms with Gasteiger partial charge in [-0.15, -0.1) is 0 Å². The number of methoxy groups -OCH3 is 2. The largest absolute Gasteiger partial charge is 0.493 e. The van der Waals surface area contributed by atoms with Crippen molar-refractivity contribution in [3.05, 3.63) is 77.9 Å². The van der Waals surface area contributed by atoms with Crippen LogP contribution in [0.4, 0.5) is 15.8 Å². The molecule has 0 saturated heterocycles. The van der Waals surface area contributed by atoms with E-state index in [4.69, 9.17) is 9.47 Å². The molecular weight excluding hydrogens is 373 g/mol. The van der Waals surface area contributed by atoms with Gasteiger partial charge in [-0.05, 0) is 48.4 Å². The number of pyridine rings is 1. The van der Waals surface area contributed by atoms with Crippen molar-refractivity contribution in [2.24, 2.45) is 0 Å². The zero-order valence-corrected chi connectivity index (χ0v) is 16.2. The Morgan fingerprint density at radius 1 is 1.03 bits per heavy atom. The maximum atomic E-state index is 13.7. The van der Waals surface area contributed by atoms with E-state index in [-0.39, 0.29) is 11.4 Å². The van der Waals surface area contributed by atoms with Crippen molar-refractivity contribution in [2.75, 3.05) is 31.4 Å². The summed E-state index contributed by atoms with van der Waals surface area (Å²) in [4.78, 5) is 16.4. The lowest BCUT2D eigenvalue weighted by atomic mass is 10.1. The normalized spacial score (nSPS) is 10.3. The molecule has 0 atom stereocenters. The monoisotopic (exact) mass is 395 g/mol. The molecule has 1 aromatic heterocycles. The van der Waals surface area contributed by atoms with Crippen LogP contribution in [-0.4, -0.2) is 31.7 Å². The summed E-state index contributed by atoms with van der Waals surface area (Å²) < 4.78 is 24.3. The second-order valence-corrected chi connectivity index (χ2v) is 6.23. The van der Waals surface area contributed by atoms with Crippen molar-refractivity contribution in [1.82, 2.24) is 4.98 Å². The van der Waals surface area contributed by atoms with Crippen LogP contribution in [0, 0.1) is 5.82 Å².